The van der Waals surface area contributed by atoms with Gasteiger partial charge in [0, 0.05) is 18.5 Å². The Hall–Kier alpha value is -1.06. The number of rotatable bonds is 8. The van der Waals surface area contributed by atoms with Crippen molar-refractivity contribution in [2.45, 2.75) is 52.5 Å². The Morgan fingerprint density at radius 1 is 1.38 bits per heavy atom. The van der Waals surface area contributed by atoms with Crippen LogP contribution in [0.2, 0.25) is 0 Å². The standard InChI is InChI=1S/C12H24N2O2/c1-10(2)6-8-13-11(16)5-7-12(3,4)14-9-15/h9-10H,5-8H2,1-4H3,(H,13,16)(H,14,15). The highest BCUT2D eigenvalue weighted by atomic mass is 16.1. The van der Waals surface area contributed by atoms with Crippen molar-refractivity contribution in [3.05, 3.63) is 0 Å². The van der Waals surface area contributed by atoms with E-state index in [0.29, 0.717) is 25.2 Å². The highest BCUT2D eigenvalue weighted by Gasteiger charge is 2.17. The van der Waals surface area contributed by atoms with Crippen molar-refractivity contribution in [2.75, 3.05) is 6.54 Å². The number of nitrogens with one attached hydrogen (secondary N) is 2. The number of carbonyl (C=O) groups excluding carboxylic acids is 2. The molecule has 0 radical (unpaired) electrons. The van der Waals surface area contributed by atoms with Crippen molar-refractivity contribution in [3.8, 4) is 0 Å². The molecule has 0 fully saturated rings. The van der Waals surface area contributed by atoms with E-state index >= 15 is 0 Å². The Morgan fingerprint density at radius 3 is 2.50 bits per heavy atom. The minimum Gasteiger partial charge on any atom is -0.356 e. The highest BCUT2D eigenvalue weighted by molar-refractivity contribution is 5.75. The van der Waals surface area contributed by atoms with Crippen LogP contribution in [-0.2, 0) is 9.59 Å². The van der Waals surface area contributed by atoms with Gasteiger partial charge < -0.3 is 10.6 Å². The lowest BCUT2D eigenvalue weighted by atomic mass is 9.98. The Labute approximate surface area is 98.2 Å². The molecule has 0 aromatic heterocycles. The van der Waals surface area contributed by atoms with Gasteiger partial charge >= 0.3 is 0 Å². The monoisotopic (exact) mass is 228 g/mol. The molecule has 0 spiro atoms. The fourth-order valence-electron chi connectivity index (χ4n) is 1.25. The summed E-state index contributed by atoms with van der Waals surface area (Å²) in [6.07, 6.45) is 2.78. The first-order valence-corrected chi connectivity index (χ1v) is 5.85. The van der Waals surface area contributed by atoms with Crippen molar-refractivity contribution >= 4 is 12.3 Å². The van der Waals surface area contributed by atoms with E-state index in [-0.39, 0.29) is 11.4 Å². The first kappa shape index (κ1) is 14.9. The van der Waals surface area contributed by atoms with Crippen LogP contribution < -0.4 is 10.6 Å². The maximum absolute atomic E-state index is 11.4. The third-order valence-corrected chi connectivity index (χ3v) is 2.47. The molecule has 4 nitrogen and oxygen atoms in total. The SMILES string of the molecule is CC(C)CCNC(=O)CCC(C)(C)NC=O. The van der Waals surface area contributed by atoms with E-state index in [1.807, 2.05) is 13.8 Å². The molecule has 0 saturated heterocycles. The van der Waals surface area contributed by atoms with Crippen molar-refractivity contribution in [3.63, 3.8) is 0 Å². The summed E-state index contributed by atoms with van der Waals surface area (Å²) in [5.41, 5.74) is -0.308. The second kappa shape index (κ2) is 7.25. The van der Waals surface area contributed by atoms with E-state index in [0.717, 1.165) is 13.0 Å². The summed E-state index contributed by atoms with van der Waals surface area (Å²) in [7, 11) is 0. The van der Waals surface area contributed by atoms with Gasteiger partial charge in [0.1, 0.15) is 0 Å². The van der Waals surface area contributed by atoms with E-state index in [4.69, 9.17) is 0 Å². The maximum Gasteiger partial charge on any atom is 0.220 e. The van der Waals surface area contributed by atoms with Crippen molar-refractivity contribution in [2.24, 2.45) is 5.92 Å². The summed E-state index contributed by atoms with van der Waals surface area (Å²) in [6, 6.07) is 0. The first-order valence-electron chi connectivity index (χ1n) is 5.85. The number of carbonyl (C=O) groups is 2. The molecule has 0 aliphatic carbocycles. The highest BCUT2D eigenvalue weighted by Crippen LogP contribution is 2.09. The van der Waals surface area contributed by atoms with Gasteiger partial charge in [-0.05, 0) is 32.6 Å². The number of hydrogen-bond donors (Lipinski definition) is 2. The van der Waals surface area contributed by atoms with Gasteiger partial charge in [0.15, 0.2) is 0 Å². The lowest BCUT2D eigenvalue weighted by Crippen LogP contribution is -2.39. The fourth-order valence-corrected chi connectivity index (χ4v) is 1.25. The van der Waals surface area contributed by atoms with Crippen LogP contribution in [-0.4, -0.2) is 24.4 Å². The van der Waals surface area contributed by atoms with E-state index < -0.39 is 0 Å². The Balaban J connectivity index is 3.68. The zero-order valence-corrected chi connectivity index (χ0v) is 10.8. The Morgan fingerprint density at radius 2 is 2.00 bits per heavy atom. The molecule has 0 saturated carbocycles. The largest absolute Gasteiger partial charge is 0.356 e. The van der Waals surface area contributed by atoms with E-state index in [1.165, 1.54) is 0 Å². The second-order valence-electron chi connectivity index (χ2n) is 5.18. The summed E-state index contributed by atoms with van der Waals surface area (Å²) in [4.78, 5) is 21.7. The van der Waals surface area contributed by atoms with Crippen LogP contribution in [0, 0.1) is 5.92 Å². The lowest BCUT2D eigenvalue weighted by molar-refractivity contribution is -0.122. The molecule has 0 unspecified atom stereocenters. The molecule has 4 heteroatoms. The predicted molar refractivity (Wildman–Crippen MR) is 65.0 cm³/mol. The number of hydrogen-bond acceptors (Lipinski definition) is 2. The van der Waals surface area contributed by atoms with Crippen LogP contribution >= 0.6 is 0 Å². The smallest absolute Gasteiger partial charge is 0.220 e. The average Bonchev–Trinajstić information content (AvgIpc) is 2.14. The third kappa shape index (κ3) is 8.26. The van der Waals surface area contributed by atoms with Gasteiger partial charge in [-0.3, -0.25) is 9.59 Å². The third-order valence-electron chi connectivity index (χ3n) is 2.47. The van der Waals surface area contributed by atoms with Crippen LogP contribution in [0.1, 0.15) is 47.0 Å². The molecule has 0 bridgehead atoms. The van der Waals surface area contributed by atoms with Gasteiger partial charge in [-0.15, -0.1) is 0 Å². The van der Waals surface area contributed by atoms with Crippen molar-refractivity contribution in [1.82, 2.24) is 10.6 Å². The van der Waals surface area contributed by atoms with Crippen LogP contribution in [0.15, 0.2) is 0 Å². The number of amides is 2. The summed E-state index contributed by atoms with van der Waals surface area (Å²) >= 11 is 0. The Bertz CT molecular complexity index is 225. The molecular weight excluding hydrogens is 204 g/mol. The van der Waals surface area contributed by atoms with Gasteiger partial charge in [0.2, 0.25) is 12.3 Å². The molecular formula is C12H24N2O2. The lowest BCUT2D eigenvalue weighted by Gasteiger charge is -2.23. The topological polar surface area (TPSA) is 58.2 Å². The van der Waals surface area contributed by atoms with Crippen molar-refractivity contribution < 1.29 is 9.59 Å². The molecule has 0 atom stereocenters. The summed E-state index contributed by atoms with van der Waals surface area (Å²) < 4.78 is 0. The van der Waals surface area contributed by atoms with E-state index in [9.17, 15) is 9.59 Å². The summed E-state index contributed by atoms with van der Waals surface area (Å²) in [5.74, 6) is 0.662. The first-order chi connectivity index (χ1) is 7.37. The van der Waals surface area contributed by atoms with Crippen LogP contribution in [0.3, 0.4) is 0 Å². The molecule has 0 aliphatic rings. The maximum atomic E-state index is 11.4. The molecule has 2 N–H and O–H groups in total. The minimum atomic E-state index is -0.308. The minimum absolute atomic E-state index is 0.0569. The van der Waals surface area contributed by atoms with E-state index in [1.54, 1.807) is 0 Å². The van der Waals surface area contributed by atoms with E-state index in [2.05, 4.69) is 24.5 Å². The van der Waals surface area contributed by atoms with Gasteiger partial charge in [-0.25, -0.2) is 0 Å². The zero-order valence-electron chi connectivity index (χ0n) is 10.8. The Kier molecular flexibility index (Phi) is 6.77. The summed E-state index contributed by atoms with van der Waals surface area (Å²) in [6.45, 7) is 8.80. The van der Waals surface area contributed by atoms with Gasteiger partial charge in [0.25, 0.3) is 0 Å². The summed E-state index contributed by atoms with van der Waals surface area (Å²) in [5, 5.41) is 5.56. The van der Waals surface area contributed by atoms with Gasteiger partial charge in [0.05, 0.1) is 0 Å². The van der Waals surface area contributed by atoms with Crippen LogP contribution in [0.5, 0.6) is 0 Å². The predicted octanol–water partition coefficient (Wildman–Crippen LogP) is 1.45. The normalized spacial score (nSPS) is 11.3. The van der Waals surface area contributed by atoms with Gasteiger partial charge in [-0.1, -0.05) is 13.8 Å². The average molecular weight is 228 g/mol. The quantitative estimate of drug-likeness (QED) is 0.618. The molecule has 0 aliphatic heterocycles. The van der Waals surface area contributed by atoms with Crippen LogP contribution in [0.4, 0.5) is 0 Å². The molecule has 0 aromatic carbocycles. The molecule has 16 heavy (non-hydrogen) atoms. The van der Waals surface area contributed by atoms with Crippen LogP contribution in [0.25, 0.3) is 0 Å². The molecule has 0 aromatic rings. The second-order valence-corrected chi connectivity index (χ2v) is 5.18. The van der Waals surface area contributed by atoms with Crippen molar-refractivity contribution in [1.29, 1.82) is 0 Å². The molecule has 94 valence electrons. The zero-order chi connectivity index (χ0) is 12.6. The fraction of sp³-hybridized carbons (Fsp3) is 0.833. The van der Waals surface area contributed by atoms with Gasteiger partial charge in [-0.2, -0.15) is 0 Å². The molecule has 0 rings (SSSR count). The molecule has 2 amide bonds. The molecule has 0 heterocycles.